The van der Waals surface area contributed by atoms with E-state index in [1.807, 2.05) is 42.5 Å². The fourth-order valence-corrected chi connectivity index (χ4v) is 7.09. The number of nitrogens with zero attached hydrogens (tertiary/aromatic N) is 1. The summed E-state index contributed by atoms with van der Waals surface area (Å²) in [6.07, 6.45) is 0.491. The minimum absolute atomic E-state index is 0.0382. The Kier molecular flexibility index (Phi) is 7.51. The van der Waals surface area contributed by atoms with Crippen molar-refractivity contribution in [3.63, 3.8) is 0 Å². The van der Waals surface area contributed by atoms with Crippen molar-refractivity contribution in [2.45, 2.75) is 29.2 Å². The van der Waals surface area contributed by atoms with Gasteiger partial charge in [-0.3, -0.25) is 9.59 Å². The van der Waals surface area contributed by atoms with Crippen LogP contribution in [0.3, 0.4) is 0 Å². The Morgan fingerprint density at radius 2 is 1.40 bits per heavy atom. The molecule has 7 nitrogen and oxygen atoms in total. The quantitative estimate of drug-likeness (QED) is 0.251. The van der Waals surface area contributed by atoms with E-state index >= 15 is 0 Å². The largest absolute Gasteiger partial charge is 0.480 e. The van der Waals surface area contributed by atoms with Crippen LogP contribution in [0.4, 0.5) is 0 Å². The lowest BCUT2D eigenvalue weighted by molar-refractivity contribution is -0.145. The number of hydrogen-bond acceptors (Lipinski definition) is 4. The summed E-state index contributed by atoms with van der Waals surface area (Å²) in [7, 11) is -4.50. The Bertz CT molecular complexity index is 1660. The fraction of sp³-hybridized carbons (Fsp3) is 0.161. The third kappa shape index (κ3) is 5.25. The van der Waals surface area contributed by atoms with E-state index in [2.05, 4.69) is 0 Å². The molecule has 1 fully saturated rings. The predicted octanol–water partition coefficient (Wildman–Crippen LogP) is 5.68. The van der Waals surface area contributed by atoms with Gasteiger partial charge in [-0.05, 0) is 64.9 Å². The number of halogens is 1. The molecule has 1 saturated carbocycles. The molecule has 204 valence electrons. The molecule has 4 aromatic rings. The molecule has 0 radical (unpaired) electrons. The average Bonchev–Trinajstić information content (AvgIpc) is 3.69. The van der Waals surface area contributed by atoms with Crippen molar-refractivity contribution in [1.29, 1.82) is 0 Å². The van der Waals surface area contributed by atoms with E-state index in [-0.39, 0.29) is 11.3 Å². The topological polar surface area (TPSA) is 112 Å². The van der Waals surface area contributed by atoms with Crippen LogP contribution in [0.5, 0.6) is 0 Å². The van der Waals surface area contributed by atoms with Gasteiger partial charge in [-0.2, -0.15) is 4.31 Å². The zero-order chi connectivity index (χ0) is 28.5. The first-order valence-electron chi connectivity index (χ1n) is 12.6. The molecule has 4 aromatic carbocycles. The molecule has 2 atom stereocenters. The summed E-state index contributed by atoms with van der Waals surface area (Å²) >= 11 is 5.96. The predicted molar refractivity (Wildman–Crippen MR) is 152 cm³/mol. The lowest BCUT2D eigenvalue weighted by Crippen LogP contribution is -2.50. The zero-order valence-electron chi connectivity index (χ0n) is 21.3. The first-order chi connectivity index (χ1) is 19.1. The van der Waals surface area contributed by atoms with Crippen LogP contribution in [0.1, 0.15) is 29.0 Å². The Morgan fingerprint density at radius 3 is 2.00 bits per heavy atom. The SMILES string of the molecule is O=C(O)CN(C1(C(=O)O)CC1c1ccccc1Cc1ccccc1)S(=O)(=O)c1ccc(-c2ccc(Cl)cc2)cc1. The molecule has 1 aliphatic rings. The molecule has 2 unspecified atom stereocenters. The molecule has 2 N–H and O–H groups in total. The van der Waals surface area contributed by atoms with Crippen molar-refractivity contribution >= 4 is 33.6 Å². The Hall–Kier alpha value is -3.98. The van der Waals surface area contributed by atoms with E-state index < -0.39 is 40.0 Å². The summed E-state index contributed by atoms with van der Waals surface area (Å²) in [5, 5.41) is 20.7. The van der Waals surface area contributed by atoms with Crippen molar-refractivity contribution < 1.29 is 28.2 Å². The van der Waals surface area contributed by atoms with Crippen LogP contribution in [-0.4, -0.2) is 47.0 Å². The zero-order valence-corrected chi connectivity index (χ0v) is 22.8. The van der Waals surface area contributed by atoms with E-state index in [1.165, 1.54) is 12.1 Å². The number of aliphatic carboxylic acids is 2. The van der Waals surface area contributed by atoms with Gasteiger partial charge in [-0.25, -0.2) is 8.42 Å². The van der Waals surface area contributed by atoms with Crippen LogP contribution < -0.4 is 0 Å². The number of benzene rings is 4. The monoisotopic (exact) mass is 575 g/mol. The number of rotatable bonds is 10. The molecule has 40 heavy (non-hydrogen) atoms. The summed E-state index contributed by atoms with van der Waals surface area (Å²) in [6, 6.07) is 29.9. The van der Waals surface area contributed by atoms with E-state index in [0.717, 1.165) is 22.3 Å². The van der Waals surface area contributed by atoms with Gasteiger partial charge < -0.3 is 10.2 Å². The molecule has 0 spiro atoms. The van der Waals surface area contributed by atoms with Gasteiger partial charge in [-0.15, -0.1) is 0 Å². The fourth-order valence-electron chi connectivity index (χ4n) is 5.24. The molecule has 1 aliphatic carbocycles. The van der Waals surface area contributed by atoms with Crippen molar-refractivity contribution in [1.82, 2.24) is 4.31 Å². The maximum atomic E-state index is 13.9. The van der Waals surface area contributed by atoms with Gasteiger partial charge in [0.1, 0.15) is 12.1 Å². The van der Waals surface area contributed by atoms with Gasteiger partial charge >= 0.3 is 11.9 Å². The van der Waals surface area contributed by atoms with Crippen molar-refractivity contribution in [3.05, 3.63) is 125 Å². The molecular weight excluding hydrogens is 550 g/mol. The summed E-state index contributed by atoms with van der Waals surface area (Å²) in [5.74, 6) is -3.53. The molecule has 5 rings (SSSR count). The standard InChI is InChI=1S/C31H26ClNO6S/c32-25-14-10-22(11-15-25)23-12-16-26(17-13-23)40(38,39)33(20-29(34)35)31(30(36)37)19-28(31)27-9-5-4-8-24(27)18-21-6-2-1-3-7-21/h1-17,28H,18-20H2,(H,34,35)(H,36,37). The highest BCUT2D eigenvalue weighted by molar-refractivity contribution is 7.89. The average molecular weight is 576 g/mol. The van der Waals surface area contributed by atoms with Gasteiger partial charge in [-0.1, -0.05) is 90.5 Å². The van der Waals surface area contributed by atoms with Gasteiger partial charge in [0, 0.05) is 10.9 Å². The van der Waals surface area contributed by atoms with Crippen molar-refractivity contribution in [3.8, 4) is 11.1 Å². The Morgan fingerprint density at radius 1 is 0.825 bits per heavy atom. The molecule has 0 bridgehead atoms. The van der Waals surface area contributed by atoms with E-state index in [1.54, 1.807) is 48.5 Å². The van der Waals surface area contributed by atoms with Crippen LogP contribution in [0.2, 0.25) is 5.02 Å². The smallest absolute Gasteiger partial charge is 0.325 e. The number of carboxylic acid groups (broad SMARTS) is 2. The molecule has 0 saturated heterocycles. The van der Waals surface area contributed by atoms with Crippen LogP contribution in [0, 0.1) is 0 Å². The summed E-state index contributed by atoms with van der Waals surface area (Å²) in [4.78, 5) is 24.5. The van der Waals surface area contributed by atoms with E-state index in [0.29, 0.717) is 21.3 Å². The molecule has 0 aliphatic heterocycles. The Balaban J connectivity index is 1.52. The first kappa shape index (κ1) is 27.6. The first-order valence-corrected chi connectivity index (χ1v) is 14.4. The van der Waals surface area contributed by atoms with Crippen LogP contribution in [0.15, 0.2) is 108 Å². The summed E-state index contributed by atoms with van der Waals surface area (Å²) < 4.78 is 28.4. The van der Waals surface area contributed by atoms with Gasteiger partial charge in [0.25, 0.3) is 0 Å². The maximum Gasteiger partial charge on any atom is 0.325 e. The van der Waals surface area contributed by atoms with Crippen LogP contribution in [-0.2, 0) is 26.0 Å². The van der Waals surface area contributed by atoms with Gasteiger partial charge in [0.15, 0.2) is 0 Å². The third-order valence-corrected chi connectivity index (χ3v) is 9.47. The minimum Gasteiger partial charge on any atom is -0.480 e. The molecule has 0 heterocycles. The van der Waals surface area contributed by atoms with E-state index in [4.69, 9.17) is 11.6 Å². The molecule has 0 aromatic heterocycles. The third-order valence-electron chi connectivity index (χ3n) is 7.31. The number of carbonyl (C=O) groups is 2. The highest BCUT2D eigenvalue weighted by atomic mass is 35.5. The van der Waals surface area contributed by atoms with Gasteiger partial charge in [0.2, 0.25) is 10.0 Å². The number of sulfonamides is 1. The highest BCUT2D eigenvalue weighted by Gasteiger charge is 2.68. The number of hydrogen-bond donors (Lipinski definition) is 2. The maximum absolute atomic E-state index is 13.9. The summed E-state index contributed by atoms with van der Waals surface area (Å²) in [6.45, 7) is -0.981. The van der Waals surface area contributed by atoms with E-state index in [9.17, 15) is 28.2 Å². The van der Waals surface area contributed by atoms with Crippen molar-refractivity contribution in [2.75, 3.05) is 6.54 Å². The van der Waals surface area contributed by atoms with Crippen LogP contribution >= 0.6 is 11.6 Å². The number of carboxylic acids is 2. The second kappa shape index (κ2) is 10.9. The minimum atomic E-state index is -4.50. The van der Waals surface area contributed by atoms with Crippen LogP contribution in [0.25, 0.3) is 11.1 Å². The molecule has 9 heteroatoms. The molecule has 0 amide bonds. The summed E-state index contributed by atoms with van der Waals surface area (Å²) in [5.41, 5.74) is 2.19. The normalized spacial score (nSPS) is 18.4. The lowest BCUT2D eigenvalue weighted by Gasteiger charge is -2.28. The highest BCUT2D eigenvalue weighted by Crippen LogP contribution is 2.58. The lowest BCUT2D eigenvalue weighted by atomic mass is 9.95. The van der Waals surface area contributed by atoms with Crippen molar-refractivity contribution in [2.24, 2.45) is 0 Å². The Labute approximate surface area is 237 Å². The van der Waals surface area contributed by atoms with Gasteiger partial charge in [0.05, 0.1) is 4.90 Å². The second-order valence-corrected chi connectivity index (χ2v) is 12.1. The second-order valence-electron chi connectivity index (χ2n) is 9.78. The molecular formula is C31H26ClNO6S.